The Morgan fingerprint density at radius 2 is 1.41 bits per heavy atom. The van der Waals surface area contributed by atoms with Crippen LogP contribution in [-0.4, -0.2) is 6.26 Å². The van der Waals surface area contributed by atoms with Gasteiger partial charge in [-0.05, 0) is 73.0 Å². The molecule has 0 radical (unpaired) electrons. The van der Waals surface area contributed by atoms with E-state index in [9.17, 15) is 0 Å². The highest BCUT2D eigenvalue weighted by molar-refractivity contribution is 7.98. The quantitative estimate of drug-likeness (QED) is 0.259. The molecule has 0 unspecified atom stereocenters. The molecule has 4 rings (SSSR count). The van der Waals surface area contributed by atoms with E-state index in [0.29, 0.717) is 23.3 Å². The Kier molecular flexibility index (Phi) is 6.56. The predicted molar refractivity (Wildman–Crippen MR) is 125 cm³/mol. The van der Waals surface area contributed by atoms with Crippen molar-refractivity contribution in [2.75, 3.05) is 6.26 Å². The number of benzene rings is 3. The predicted octanol–water partition coefficient (Wildman–Crippen LogP) is 8.09. The van der Waals surface area contributed by atoms with Gasteiger partial charge in [0.15, 0.2) is 0 Å². The highest BCUT2D eigenvalue weighted by atomic mass is 35.5. The fourth-order valence-electron chi connectivity index (χ4n) is 2.95. The Morgan fingerprint density at radius 1 is 0.793 bits per heavy atom. The van der Waals surface area contributed by atoms with Crippen molar-refractivity contribution in [3.05, 3.63) is 87.2 Å². The lowest BCUT2D eigenvalue weighted by Crippen LogP contribution is -2.01. The number of ether oxygens (including phenoxy) is 2. The molecule has 0 amide bonds. The van der Waals surface area contributed by atoms with Gasteiger partial charge in [0.2, 0.25) is 0 Å². The van der Waals surface area contributed by atoms with Crippen LogP contribution in [0.2, 0.25) is 10.0 Å². The molecule has 0 bridgehead atoms. The Bertz CT molecular complexity index is 1110. The smallest absolute Gasteiger partial charge is 0.123 e. The van der Waals surface area contributed by atoms with E-state index in [0.717, 1.165) is 27.3 Å². The van der Waals surface area contributed by atoms with Gasteiger partial charge in [-0.2, -0.15) is 0 Å². The second-order valence-electron chi connectivity index (χ2n) is 6.35. The van der Waals surface area contributed by atoms with E-state index < -0.39 is 0 Å². The zero-order chi connectivity index (χ0) is 20.2. The van der Waals surface area contributed by atoms with Crippen LogP contribution in [0.15, 0.2) is 71.6 Å². The molecule has 0 aliphatic carbocycles. The number of fused-ring (bicyclic) bond motifs is 1. The second kappa shape index (κ2) is 9.31. The third-order valence-electron chi connectivity index (χ3n) is 4.46. The van der Waals surface area contributed by atoms with E-state index in [1.807, 2.05) is 54.6 Å². The van der Waals surface area contributed by atoms with Crippen molar-refractivity contribution in [3.8, 4) is 11.5 Å². The highest BCUT2D eigenvalue weighted by Gasteiger charge is 2.14. The van der Waals surface area contributed by atoms with E-state index >= 15 is 0 Å². The summed E-state index contributed by atoms with van der Waals surface area (Å²) in [6.45, 7) is 0.918. The third kappa shape index (κ3) is 5.01. The minimum Gasteiger partial charge on any atom is -0.489 e. The van der Waals surface area contributed by atoms with Crippen LogP contribution in [0, 0.1) is 0 Å². The molecule has 0 spiro atoms. The van der Waals surface area contributed by atoms with Gasteiger partial charge in [0.05, 0.1) is 0 Å². The second-order valence-corrected chi connectivity index (χ2v) is 9.24. The SMILES string of the molecule is CSc1ccc(OCc2c(COc3ccc(Cl)cc3)sc3ccc(Cl)cc23)cc1. The van der Waals surface area contributed by atoms with Gasteiger partial charge in [-0.1, -0.05) is 23.2 Å². The third-order valence-corrected chi connectivity index (χ3v) is 6.88. The van der Waals surface area contributed by atoms with Gasteiger partial charge < -0.3 is 9.47 Å². The van der Waals surface area contributed by atoms with Crippen molar-refractivity contribution in [2.24, 2.45) is 0 Å². The Morgan fingerprint density at radius 3 is 2.10 bits per heavy atom. The number of thioether (sulfide) groups is 1. The standard InChI is InChI=1S/C23H18Cl2O2S2/c1-28-19-9-7-18(8-10-19)26-13-21-20-12-16(25)4-11-22(20)29-23(21)14-27-17-5-2-15(24)3-6-17/h2-12H,13-14H2,1H3. The minimum absolute atomic E-state index is 0.457. The number of hydrogen-bond acceptors (Lipinski definition) is 4. The lowest BCUT2D eigenvalue weighted by atomic mass is 10.1. The lowest BCUT2D eigenvalue weighted by molar-refractivity contribution is 0.290. The van der Waals surface area contributed by atoms with Crippen LogP contribution in [0.5, 0.6) is 11.5 Å². The summed E-state index contributed by atoms with van der Waals surface area (Å²) in [7, 11) is 0. The van der Waals surface area contributed by atoms with Gasteiger partial charge in [-0.3, -0.25) is 0 Å². The summed E-state index contributed by atoms with van der Waals surface area (Å²) >= 11 is 15.6. The Labute approximate surface area is 188 Å². The topological polar surface area (TPSA) is 18.5 Å². The number of rotatable bonds is 7. The van der Waals surface area contributed by atoms with Gasteiger partial charge in [-0.25, -0.2) is 0 Å². The normalized spacial score (nSPS) is 11.0. The highest BCUT2D eigenvalue weighted by Crippen LogP contribution is 2.35. The largest absolute Gasteiger partial charge is 0.489 e. The molecule has 6 heteroatoms. The molecule has 148 valence electrons. The molecule has 4 aromatic rings. The average Bonchev–Trinajstić information content (AvgIpc) is 3.09. The summed E-state index contributed by atoms with van der Waals surface area (Å²) in [4.78, 5) is 2.33. The monoisotopic (exact) mass is 460 g/mol. The Balaban J connectivity index is 1.58. The number of thiophene rings is 1. The molecule has 0 fully saturated rings. The zero-order valence-corrected chi connectivity index (χ0v) is 18.8. The molecule has 3 aromatic carbocycles. The van der Waals surface area contributed by atoms with Gasteiger partial charge in [0.25, 0.3) is 0 Å². The summed E-state index contributed by atoms with van der Waals surface area (Å²) in [5.74, 6) is 1.62. The minimum atomic E-state index is 0.457. The van der Waals surface area contributed by atoms with E-state index in [1.54, 1.807) is 23.1 Å². The van der Waals surface area contributed by atoms with Gasteiger partial charge in [0, 0.05) is 35.5 Å². The van der Waals surface area contributed by atoms with Gasteiger partial charge >= 0.3 is 0 Å². The fraction of sp³-hybridized carbons (Fsp3) is 0.130. The fourth-order valence-corrected chi connectivity index (χ4v) is 4.76. The van der Waals surface area contributed by atoms with Crippen molar-refractivity contribution in [1.29, 1.82) is 0 Å². The van der Waals surface area contributed by atoms with Crippen molar-refractivity contribution in [2.45, 2.75) is 18.1 Å². The number of hydrogen-bond donors (Lipinski definition) is 0. The van der Waals surface area contributed by atoms with Crippen molar-refractivity contribution in [1.82, 2.24) is 0 Å². The Hall–Kier alpha value is -1.85. The van der Waals surface area contributed by atoms with E-state index in [4.69, 9.17) is 32.7 Å². The molecule has 0 aliphatic heterocycles. The van der Waals surface area contributed by atoms with Crippen LogP contribution in [-0.2, 0) is 13.2 Å². The molecule has 0 atom stereocenters. The maximum atomic E-state index is 6.26. The van der Waals surface area contributed by atoms with E-state index in [2.05, 4.69) is 18.4 Å². The first-order chi connectivity index (χ1) is 14.1. The molecule has 1 aromatic heterocycles. The molecule has 1 heterocycles. The van der Waals surface area contributed by atoms with Crippen LogP contribution < -0.4 is 9.47 Å². The van der Waals surface area contributed by atoms with Crippen LogP contribution >= 0.6 is 46.3 Å². The van der Waals surface area contributed by atoms with Crippen LogP contribution in [0.3, 0.4) is 0 Å². The van der Waals surface area contributed by atoms with Crippen molar-refractivity contribution < 1.29 is 9.47 Å². The van der Waals surface area contributed by atoms with Crippen molar-refractivity contribution in [3.63, 3.8) is 0 Å². The molecule has 0 saturated heterocycles. The summed E-state index contributed by atoms with van der Waals surface area (Å²) in [5.41, 5.74) is 1.11. The molecule has 0 aliphatic rings. The van der Waals surface area contributed by atoms with Crippen LogP contribution in [0.25, 0.3) is 10.1 Å². The van der Waals surface area contributed by atoms with Crippen molar-refractivity contribution >= 4 is 56.4 Å². The van der Waals surface area contributed by atoms with E-state index in [-0.39, 0.29) is 0 Å². The number of halogens is 2. The van der Waals surface area contributed by atoms with Gasteiger partial charge in [-0.15, -0.1) is 23.1 Å². The summed E-state index contributed by atoms with van der Waals surface area (Å²) in [6, 6.07) is 21.5. The summed E-state index contributed by atoms with van der Waals surface area (Å²) in [5, 5.41) is 2.51. The first-order valence-electron chi connectivity index (χ1n) is 8.97. The first-order valence-corrected chi connectivity index (χ1v) is 11.8. The summed E-state index contributed by atoms with van der Waals surface area (Å²) < 4.78 is 13.2. The van der Waals surface area contributed by atoms with Crippen LogP contribution in [0.4, 0.5) is 0 Å². The lowest BCUT2D eigenvalue weighted by Gasteiger charge is -2.10. The summed E-state index contributed by atoms with van der Waals surface area (Å²) in [6.07, 6.45) is 2.06. The molecular formula is C23H18Cl2O2S2. The van der Waals surface area contributed by atoms with Gasteiger partial charge in [0.1, 0.15) is 24.7 Å². The molecule has 0 saturated carbocycles. The first kappa shape index (κ1) is 20.4. The molecule has 2 nitrogen and oxygen atoms in total. The zero-order valence-electron chi connectivity index (χ0n) is 15.7. The van der Waals surface area contributed by atoms with Crippen LogP contribution in [0.1, 0.15) is 10.4 Å². The molecule has 0 N–H and O–H groups in total. The maximum absolute atomic E-state index is 6.26. The molecular weight excluding hydrogens is 443 g/mol. The van der Waals surface area contributed by atoms with E-state index in [1.165, 1.54) is 9.60 Å². The average molecular weight is 461 g/mol. The molecule has 29 heavy (non-hydrogen) atoms. The maximum Gasteiger partial charge on any atom is 0.123 e.